The predicted molar refractivity (Wildman–Crippen MR) is 138 cm³/mol. The first kappa shape index (κ1) is 26.4. The Bertz CT molecular complexity index is 753. The molecule has 0 saturated carbocycles. The molecule has 1 heterocycles. The fourth-order valence-corrected chi connectivity index (χ4v) is 5.55. The first-order chi connectivity index (χ1) is 14.9. The zero-order chi connectivity index (χ0) is 22.6. The van der Waals surface area contributed by atoms with Crippen molar-refractivity contribution in [3.63, 3.8) is 0 Å². The van der Waals surface area contributed by atoms with E-state index in [9.17, 15) is 5.11 Å². The van der Waals surface area contributed by atoms with E-state index in [0.717, 1.165) is 61.7 Å². The molecule has 0 aliphatic carbocycles. The Morgan fingerprint density at radius 1 is 0.968 bits per heavy atom. The number of likely N-dealkylation sites (tertiary alicyclic amines) is 1. The topological polar surface area (TPSA) is 23.5 Å². The number of nitrogens with zero attached hydrogens (tertiary/aromatic N) is 1. The average molecular weight is 458 g/mol. The third-order valence-electron chi connectivity index (χ3n) is 5.69. The van der Waals surface area contributed by atoms with Crippen LogP contribution in [0, 0.1) is 11.8 Å². The largest absolute Gasteiger partial charge is 1.00 e. The van der Waals surface area contributed by atoms with Gasteiger partial charge in [-0.15, -0.1) is 0 Å². The molecule has 0 unspecified atom stereocenters. The van der Waals surface area contributed by atoms with Crippen LogP contribution in [0.15, 0.2) is 42.5 Å². The zero-order valence-corrected chi connectivity index (χ0v) is 21.8. The normalized spacial score (nSPS) is 13.9. The van der Waals surface area contributed by atoms with E-state index in [0.29, 0.717) is 0 Å². The van der Waals surface area contributed by atoms with Crippen molar-refractivity contribution in [2.45, 2.75) is 64.1 Å². The van der Waals surface area contributed by atoms with E-state index in [1.54, 1.807) is 0 Å². The van der Waals surface area contributed by atoms with Crippen LogP contribution in [0.5, 0.6) is 0 Å². The SMILES string of the molecule is CC(C)[CH2][Al+][CH2]C(C)C.OCc1cc(CCN2CCCC2)ccc1-c1ccc(Cl)cc1.[H-]. The van der Waals surface area contributed by atoms with Crippen LogP contribution < -0.4 is 0 Å². The quantitative estimate of drug-likeness (QED) is 0.406. The molecule has 4 heteroatoms. The molecule has 2 nitrogen and oxygen atoms in total. The molecule has 31 heavy (non-hydrogen) atoms. The Hall–Kier alpha value is -0.818. The van der Waals surface area contributed by atoms with Crippen molar-refractivity contribution in [2.24, 2.45) is 11.8 Å². The van der Waals surface area contributed by atoms with Gasteiger partial charge in [0.15, 0.2) is 0 Å². The van der Waals surface area contributed by atoms with Crippen LogP contribution >= 0.6 is 11.6 Å². The van der Waals surface area contributed by atoms with Gasteiger partial charge in [0.1, 0.15) is 0 Å². The van der Waals surface area contributed by atoms with Crippen molar-refractivity contribution in [1.29, 1.82) is 0 Å². The smallest absolute Gasteiger partial charge is 0.0687 e. The van der Waals surface area contributed by atoms with E-state index in [1.165, 1.54) is 42.1 Å². The maximum atomic E-state index is 9.70. The third kappa shape index (κ3) is 10.1. The van der Waals surface area contributed by atoms with Crippen LogP contribution in [0.25, 0.3) is 11.1 Å². The van der Waals surface area contributed by atoms with Gasteiger partial charge < -0.3 is 11.4 Å². The van der Waals surface area contributed by atoms with Crippen molar-refractivity contribution < 1.29 is 6.53 Å². The second-order valence-corrected chi connectivity index (χ2v) is 11.5. The average Bonchev–Trinajstić information content (AvgIpc) is 3.26. The first-order valence-electron chi connectivity index (χ1n) is 11.9. The maximum absolute atomic E-state index is 9.70. The summed E-state index contributed by atoms with van der Waals surface area (Å²) in [5.74, 6) is 1.86. The zero-order valence-electron chi connectivity index (χ0n) is 20.9. The van der Waals surface area contributed by atoms with Gasteiger partial charge in [0.05, 0.1) is 6.61 Å². The number of hydrogen-bond donors (Lipinski definition) is 1. The fraction of sp³-hybridized carbons (Fsp3) is 0.556. The van der Waals surface area contributed by atoms with Crippen LogP contribution in [0.3, 0.4) is 0 Å². The van der Waals surface area contributed by atoms with Crippen molar-refractivity contribution >= 4 is 26.8 Å². The van der Waals surface area contributed by atoms with Crippen LogP contribution in [0.1, 0.15) is 53.1 Å². The maximum Gasteiger partial charge on any atom is 0.0687 e. The Morgan fingerprint density at radius 3 is 2.13 bits per heavy atom. The summed E-state index contributed by atoms with van der Waals surface area (Å²) in [6, 6.07) is 14.2. The molecule has 0 atom stereocenters. The Labute approximate surface area is 203 Å². The molecule has 2 aromatic carbocycles. The van der Waals surface area contributed by atoms with Crippen molar-refractivity contribution in [1.82, 2.24) is 4.90 Å². The van der Waals surface area contributed by atoms with E-state index < -0.39 is 0 Å². The van der Waals surface area contributed by atoms with E-state index >= 15 is 0 Å². The van der Waals surface area contributed by atoms with E-state index in [-0.39, 0.29) is 8.03 Å². The van der Waals surface area contributed by atoms with E-state index in [1.807, 2.05) is 24.3 Å². The van der Waals surface area contributed by atoms with E-state index in [2.05, 4.69) is 50.8 Å². The summed E-state index contributed by atoms with van der Waals surface area (Å²) in [4.78, 5) is 2.52. The van der Waals surface area contributed by atoms with Crippen molar-refractivity contribution in [2.75, 3.05) is 19.6 Å². The summed E-state index contributed by atoms with van der Waals surface area (Å²) >= 11 is 6.70. The molecule has 0 amide bonds. The number of rotatable bonds is 9. The van der Waals surface area contributed by atoms with Gasteiger partial charge in [0.2, 0.25) is 0 Å². The van der Waals surface area contributed by atoms with Crippen molar-refractivity contribution in [3.8, 4) is 11.1 Å². The number of hydrogen-bond acceptors (Lipinski definition) is 2. The number of aliphatic hydroxyl groups is 1. The summed E-state index contributed by atoms with van der Waals surface area (Å²) in [5, 5.41) is 13.4. The molecule has 1 aliphatic heterocycles. The molecule has 2 aromatic rings. The molecular weight excluding hydrogens is 417 g/mol. The molecule has 0 radical (unpaired) electrons. The molecule has 1 saturated heterocycles. The molecular formula is C27H41AlClNO. The van der Waals surface area contributed by atoms with Gasteiger partial charge in [0, 0.05) is 11.6 Å². The van der Waals surface area contributed by atoms with Gasteiger partial charge in [-0.05, 0) is 66.7 Å². The predicted octanol–water partition coefficient (Wildman–Crippen LogP) is 7.09. The summed E-state index contributed by atoms with van der Waals surface area (Å²) < 4.78 is 0. The molecule has 1 aliphatic rings. The number of halogens is 1. The minimum Gasteiger partial charge on any atom is -1.00 e. The van der Waals surface area contributed by atoms with Crippen molar-refractivity contribution in [3.05, 3.63) is 58.6 Å². The minimum atomic E-state index is 0. The van der Waals surface area contributed by atoms with Gasteiger partial charge >= 0.3 is 65.3 Å². The van der Waals surface area contributed by atoms with Crippen LogP contribution in [-0.2, 0) is 13.0 Å². The third-order valence-corrected chi connectivity index (χ3v) is 8.49. The Morgan fingerprint density at radius 2 is 1.58 bits per heavy atom. The second-order valence-electron chi connectivity index (χ2n) is 9.50. The second kappa shape index (κ2) is 14.4. The molecule has 1 N–H and O–H groups in total. The van der Waals surface area contributed by atoms with Gasteiger partial charge in [0.25, 0.3) is 0 Å². The standard InChI is InChI=1S/C19H22ClNO.2C4H9.Al.H/c20-18-6-4-16(5-7-18)19-8-3-15(13-17(19)14-22)9-12-21-10-1-2-11-21;2*1-4(2)3;;/h3-8,13,22H,1-2,9-12,14H2;2*4H,1H2,2-3H3;;/q;;;+1;-1. The van der Waals surface area contributed by atoms with E-state index in [4.69, 9.17) is 11.6 Å². The van der Waals surface area contributed by atoms with Gasteiger partial charge in [-0.1, -0.05) is 41.9 Å². The molecule has 0 aromatic heterocycles. The monoisotopic (exact) mass is 457 g/mol. The summed E-state index contributed by atoms with van der Waals surface area (Å²) in [5.41, 5.74) is 4.47. The van der Waals surface area contributed by atoms with Gasteiger partial charge in [-0.3, -0.25) is 0 Å². The molecule has 0 spiro atoms. The fourth-order valence-electron chi connectivity index (χ4n) is 3.90. The van der Waals surface area contributed by atoms with Crippen LogP contribution in [0.2, 0.25) is 15.6 Å². The number of aliphatic hydroxyl groups excluding tert-OH is 1. The molecule has 3 rings (SSSR count). The van der Waals surface area contributed by atoms with Crippen LogP contribution in [0.4, 0.5) is 0 Å². The van der Waals surface area contributed by atoms with Gasteiger partial charge in [-0.25, -0.2) is 0 Å². The van der Waals surface area contributed by atoms with Gasteiger partial charge in [-0.2, -0.15) is 0 Å². The molecule has 0 bridgehead atoms. The number of benzene rings is 2. The Balaban J connectivity index is 0.000000440. The summed E-state index contributed by atoms with van der Waals surface area (Å²) in [7, 11) is 0. The Kier molecular flexibility index (Phi) is 12.2. The minimum absolute atomic E-state index is 0. The molecule has 1 fully saturated rings. The van der Waals surface area contributed by atoms with Crippen LogP contribution in [-0.4, -0.2) is 44.9 Å². The summed E-state index contributed by atoms with van der Waals surface area (Å²) in [6.07, 6.45) is 3.71. The summed E-state index contributed by atoms with van der Waals surface area (Å²) in [6.45, 7) is 12.9. The first-order valence-corrected chi connectivity index (χ1v) is 13.9. The molecule has 170 valence electrons.